The Kier molecular flexibility index (Phi) is 6.26. The zero-order valence-electron chi connectivity index (χ0n) is 15.8. The minimum Gasteiger partial charge on any atom is -0.494 e. The third-order valence-corrected chi connectivity index (χ3v) is 4.37. The highest BCUT2D eigenvalue weighted by Crippen LogP contribution is 2.24. The zero-order valence-corrected chi connectivity index (χ0v) is 15.8. The Labute approximate surface area is 159 Å². The standard InChI is InChI=1S/C22H25N3O2/c1-3-4-13-27-19-11-9-18(10-12-19)21-20(15-24-25-21)22(26)23-14-17-7-5-16(2)6-8-17/h5-12,15H,3-4,13-14H2,1-2H3,(H,23,26)(H,24,25). The number of H-pyrrole nitrogens is 1. The number of rotatable bonds is 8. The molecule has 2 aromatic carbocycles. The highest BCUT2D eigenvalue weighted by Gasteiger charge is 2.15. The van der Waals surface area contributed by atoms with Crippen molar-refractivity contribution in [3.8, 4) is 17.0 Å². The van der Waals surface area contributed by atoms with Crippen LogP contribution in [0, 0.1) is 6.92 Å². The third kappa shape index (κ3) is 4.97. The van der Waals surface area contributed by atoms with Gasteiger partial charge in [0.1, 0.15) is 5.75 Å². The number of amides is 1. The van der Waals surface area contributed by atoms with E-state index in [0.717, 1.165) is 29.7 Å². The Morgan fingerprint density at radius 2 is 1.85 bits per heavy atom. The van der Waals surface area contributed by atoms with Crippen molar-refractivity contribution < 1.29 is 9.53 Å². The van der Waals surface area contributed by atoms with Crippen LogP contribution in [0.5, 0.6) is 5.75 Å². The lowest BCUT2D eigenvalue weighted by Crippen LogP contribution is -2.22. The molecule has 0 fully saturated rings. The molecule has 0 radical (unpaired) electrons. The Morgan fingerprint density at radius 1 is 1.11 bits per heavy atom. The van der Waals surface area contributed by atoms with Crippen LogP contribution in [0.4, 0.5) is 0 Å². The number of hydrogen-bond acceptors (Lipinski definition) is 3. The van der Waals surface area contributed by atoms with Crippen LogP contribution in [0.25, 0.3) is 11.3 Å². The zero-order chi connectivity index (χ0) is 19.1. The van der Waals surface area contributed by atoms with E-state index in [4.69, 9.17) is 4.74 Å². The summed E-state index contributed by atoms with van der Waals surface area (Å²) in [6.07, 6.45) is 3.70. The van der Waals surface area contributed by atoms with Crippen LogP contribution in [0.2, 0.25) is 0 Å². The first-order chi connectivity index (χ1) is 13.2. The summed E-state index contributed by atoms with van der Waals surface area (Å²) >= 11 is 0. The summed E-state index contributed by atoms with van der Waals surface area (Å²) in [5.41, 5.74) is 4.39. The van der Waals surface area contributed by atoms with Gasteiger partial charge in [0.2, 0.25) is 0 Å². The summed E-state index contributed by atoms with van der Waals surface area (Å²) in [4.78, 5) is 12.6. The number of nitrogens with zero attached hydrogens (tertiary/aromatic N) is 1. The largest absolute Gasteiger partial charge is 0.494 e. The fraction of sp³-hybridized carbons (Fsp3) is 0.273. The van der Waals surface area contributed by atoms with E-state index in [0.29, 0.717) is 24.4 Å². The summed E-state index contributed by atoms with van der Waals surface area (Å²) in [6.45, 7) is 5.37. The topological polar surface area (TPSA) is 67.0 Å². The van der Waals surface area contributed by atoms with E-state index in [-0.39, 0.29) is 5.91 Å². The van der Waals surface area contributed by atoms with Crippen molar-refractivity contribution in [2.75, 3.05) is 6.61 Å². The van der Waals surface area contributed by atoms with E-state index in [9.17, 15) is 4.79 Å². The Hall–Kier alpha value is -3.08. The molecule has 140 valence electrons. The van der Waals surface area contributed by atoms with Gasteiger partial charge in [0.05, 0.1) is 24.1 Å². The van der Waals surface area contributed by atoms with E-state index >= 15 is 0 Å². The lowest BCUT2D eigenvalue weighted by Gasteiger charge is -2.08. The first kappa shape index (κ1) is 18.7. The molecule has 1 heterocycles. The molecule has 5 heteroatoms. The molecule has 27 heavy (non-hydrogen) atoms. The maximum Gasteiger partial charge on any atom is 0.255 e. The molecule has 0 aliphatic rings. The van der Waals surface area contributed by atoms with Crippen LogP contribution in [0.1, 0.15) is 41.3 Å². The fourth-order valence-corrected chi connectivity index (χ4v) is 2.71. The van der Waals surface area contributed by atoms with Crippen molar-refractivity contribution in [3.63, 3.8) is 0 Å². The summed E-state index contributed by atoms with van der Waals surface area (Å²) in [6, 6.07) is 15.8. The van der Waals surface area contributed by atoms with E-state index in [1.807, 2.05) is 55.5 Å². The van der Waals surface area contributed by atoms with Crippen molar-refractivity contribution in [3.05, 3.63) is 71.4 Å². The number of carbonyl (C=O) groups is 1. The summed E-state index contributed by atoms with van der Waals surface area (Å²) in [7, 11) is 0. The molecule has 0 saturated heterocycles. The highest BCUT2D eigenvalue weighted by molar-refractivity contribution is 5.99. The number of aryl methyl sites for hydroxylation is 1. The molecule has 0 aliphatic carbocycles. The molecule has 3 rings (SSSR count). The minimum atomic E-state index is -0.150. The molecule has 0 atom stereocenters. The summed E-state index contributed by atoms with van der Waals surface area (Å²) in [5, 5.41) is 9.93. The van der Waals surface area contributed by atoms with Crippen molar-refractivity contribution in [2.24, 2.45) is 0 Å². The number of unbranched alkanes of at least 4 members (excludes halogenated alkanes) is 1. The van der Waals surface area contributed by atoms with E-state index in [1.54, 1.807) is 6.20 Å². The normalized spacial score (nSPS) is 10.6. The van der Waals surface area contributed by atoms with Crippen LogP contribution >= 0.6 is 0 Å². The number of nitrogens with one attached hydrogen (secondary N) is 2. The quantitative estimate of drug-likeness (QED) is 0.579. The third-order valence-electron chi connectivity index (χ3n) is 4.37. The molecule has 1 amide bonds. The number of ether oxygens (including phenoxy) is 1. The molecular formula is C22H25N3O2. The molecule has 0 bridgehead atoms. The molecule has 0 aliphatic heterocycles. The van der Waals surface area contributed by atoms with Crippen LogP contribution in [-0.4, -0.2) is 22.7 Å². The van der Waals surface area contributed by atoms with Crippen molar-refractivity contribution in [2.45, 2.75) is 33.2 Å². The van der Waals surface area contributed by atoms with Gasteiger partial charge in [-0.3, -0.25) is 9.89 Å². The van der Waals surface area contributed by atoms with E-state index in [2.05, 4.69) is 22.4 Å². The van der Waals surface area contributed by atoms with Crippen molar-refractivity contribution in [1.82, 2.24) is 15.5 Å². The second kappa shape index (κ2) is 9.03. The number of hydrogen-bond donors (Lipinski definition) is 2. The maximum atomic E-state index is 12.6. The van der Waals surface area contributed by atoms with E-state index < -0.39 is 0 Å². The van der Waals surface area contributed by atoms with Crippen molar-refractivity contribution in [1.29, 1.82) is 0 Å². The molecule has 5 nitrogen and oxygen atoms in total. The SMILES string of the molecule is CCCCOc1ccc(-c2[nH]ncc2C(=O)NCc2ccc(C)cc2)cc1. The van der Waals surface area contributed by atoms with Crippen LogP contribution in [0.3, 0.4) is 0 Å². The molecule has 2 N–H and O–H groups in total. The van der Waals surface area contributed by atoms with Gasteiger partial charge in [0, 0.05) is 12.1 Å². The Bertz CT molecular complexity index is 867. The molecule has 0 unspecified atom stereocenters. The number of aromatic amines is 1. The van der Waals surface area contributed by atoms with Crippen LogP contribution in [-0.2, 0) is 6.54 Å². The lowest BCUT2D eigenvalue weighted by molar-refractivity contribution is 0.0951. The average molecular weight is 363 g/mol. The smallest absolute Gasteiger partial charge is 0.255 e. The molecule has 0 saturated carbocycles. The summed E-state index contributed by atoms with van der Waals surface area (Å²) in [5.74, 6) is 0.680. The van der Waals surface area contributed by atoms with Crippen molar-refractivity contribution >= 4 is 5.91 Å². The predicted octanol–water partition coefficient (Wildman–Crippen LogP) is 4.49. The number of aromatic nitrogens is 2. The Morgan fingerprint density at radius 3 is 2.56 bits per heavy atom. The number of benzene rings is 2. The first-order valence-corrected chi connectivity index (χ1v) is 9.27. The lowest BCUT2D eigenvalue weighted by atomic mass is 10.1. The minimum absolute atomic E-state index is 0.150. The predicted molar refractivity (Wildman–Crippen MR) is 107 cm³/mol. The second-order valence-corrected chi connectivity index (χ2v) is 6.55. The van der Waals surface area contributed by atoms with Gasteiger partial charge in [0.25, 0.3) is 5.91 Å². The van der Waals surface area contributed by atoms with Gasteiger partial charge in [-0.05, 0) is 43.2 Å². The fourth-order valence-electron chi connectivity index (χ4n) is 2.71. The molecular weight excluding hydrogens is 338 g/mol. The van der Waals surface area contributed by atoms with Gasteiger partial charge in [-0.2, -0.15) is 5.10 Å². The Balaban J connectivity index is 1.65. The molecule has 0 spiro atoms. The van der Waals surface area contributed by atoms with E-state index in [1.165, 1.54) is 5.56 Å². The van der Waals surface area contributed by atoms with Gasteiger partial charge in [0.15, 0.2) is 0 Å². The second-order valence-electron chi connectivity index (χ2n) is 6.55. The maximum absolute atomic E-state index is 12.6. The first-order valence-electron chi connectivity index (χ1n) is 9.27. The summed E-state index contributed by atoms with van der Waals surface area (Å²) < 4.78 is 5.69. The molecule has 1 aromatic heterocycles. The van der Waals surface area contributed by atoms with Crippen LogP contribution < -0.4 is 10.1 Å². The average Bonchev–Trinajstić information content (AvgIpc) is 3.18. The van der Waals surface area contributed by atoms with Crippen LogP contribution in [0.15, 0.2) is 54.7 Å². The van der Waals surface area contributed by atoms with Gasteiger partial charge >= 0.3 is 0 Å². The van der Waals surface area contributed by atoms with Gasteiger partial charge < -0.3 is 10.1 Å². The molecule has 3 aromatic rings. The monoisotopic (exact) mass is 363 g/mol. The van der Waals surface area contributed by atoms with Gasteiger partial charge in [-0.25, -0.2) is 0 Å². The van der Waals surface area contributed by atoms with Gasteiger partial charge in [-0.1, -0.05) is 43.2 Å². The number of carbonyl (C=O) groups excluding carboxylic acids is 1. The van der Waals surface area contributed by atoms with Gasteiger partial charge in [-0.15, -0.1) is 0 Å². The highest BCUT2D eigenvalue weighted by atomic mass is 16.5.